The molecule has 1 fully saturated rings. The van der Waals surface area contributed by atoms with Crippen molar-refractivity contribution in [2.45, 2.75) is 44.9 Å². The van der Waals surface area contributed by atoms with Gasteiger partial charge in [-0.2, -0.15) is 0 Å². The molecule has 1 saturated carbocycles. The van der Waals surface area contributed by atoms with Gasteiger partial charge in [0, 0.05) is 12.0 Å². The molecule has 0 radical (unpaired) electrons. The Morgan fingerprint density at radius 1 is 1.18 bits per heavy atom. The molecule has 0 heterocycles. The van der Waals surface area contributed by atoms with Gasteiger partial charge < -0.3 is 9.84 Å². The van der Waals surface area contributed by atoms with Crippen LogP contribution < -0.4 is 4.74 Å². The molecule has 0 bridgehead atoms. The largest absolute Gasteiger partial charge is 0.497 e. The second-order valence-corrected chi connectivity index (χ2v) is 6.13. The van der Waals surface area contributed by atoms with E-state index in [0.29, 0.717) is 23.7 Å². The molecule has 1 aliphatic rings. The van der Waals surface area contributed by atoms with Crippen molar-refractivity contribution in [3.63, 3.8) is 0 Å². The summed E-state index contributed by atoms with van der Waals surface area (Å²) in [5.74, 6) is -0.386. The van der Waals surface area contributed by atoms with E-state index >= 15 is 0 Å². The van der Waals surface area contributed by atoms with Crippen LogP contribution >= 0.6 is 0 Å². The number of rotatable bonds is 7. The highest BCUT2D eigenvalue weighted by Crippen LogP contribution is 2.30. The van der Waals surface area contributed by atoms with Crippen LogP contribution in [0, 0.1) is 11.8 Å². The van der Waals surface area contributed by atoms with Gasteiger partial charge in [0.1, 0.15) is 5.75 Å². The molecule has 120 valence electrons. The van der Waals surface area contributed by atoms with Crippen molar-refractivity contribution in [1.29, 1.82) is 0 Å². The van der Waals surface area contributed by atoms with E-state index in [-0.39, 0.29) is 12.2 Å². The molecule has 0 aliphatic heterocycles. The number of hydrogen-bond acceptors (Lipinski definition) is 3. The van der Waals surface area contributed by atoms with E-state index in [1.165, 1.54) is 19.3 Å². The standard InChI is InChI=1S/C18H24O4/c1-22-16-9-7-14(8-10-16)17(19)12-15(18(20)21)11-13-5-3-2-4-6-13/h7-10,13,15H,2-6,11-12H2,1H3,(H,20,21). The van der Waals surface area contributed by atoms with E-state index in [0.717, 1.165) is 12.8 Å². The van der Waals surface area contributed by atoms with Gasteiger partial charge in [0.15, 0.2) is 5.78 Å². The Morgan fingerprint density at radius 2 is 1.82 bits per heavy atom. The van der Waals surface area contributed by atoms with Gasteiger partial charge in [0.05, 0.1) is 13.0 Å². The Labute approximate surface area is 131 Å². The Kier molecular flexibility index (Phi) is 5.99. The third-order valence-electron chi connectivity index (χ3n) is 4.54. The van der Waals surface area contributed by atoms with Gasteiger partial charge in [-0.15, -0.1) is 0 Å². The molecule has 0 amide bonds. The number of carbonyl (C=O) groups excluding carboxylic acids is 1. The zero-order chi connectivity index (χ0) is 15.9. The zero-order valence-corrected chi connectivity index (χ0v) is 13.1. The predicted octanol–water partition coefficient (Wildman–Crippen LogP) is 3.94. The number of carboxylic acid groups (broad SMARTS) is 1. The molecule has 1 aromatic rings. The molecule has 0 aromatic heterocycles. The van der Waals surface area contributed by atoms with Crippen LogP contribution in [0.3, 0.4) is 0 Å². The highest BCUT2D eigenvalue weighted by Gasteiger charge is 2.26. The van der Waals surface area contributed by atoms with Crippen molar-refractivity contribution in [3.8, 4) is 5.75 Å². The highest BCUT2D eigenvalue weighted by molar-refractivity contribution is 5.98. The Hall–Kier alpha value is -1.84. The summed E-state index contributed by atoms with van der Waals surface area (Å²) in [6, 6.07) is 6.84. The van der Waals surface area contributed by atoms with E-state index < -0.39 is 11.9 Å². The number of carbonyl (C=O) groups is 2. The zero-order valence-electron chi connectivity index (χ0n) is 13.1. The lowest BCUT2D eigenvalue weighted by Gasteiger charge is -2.24. The number of hydrogen-bond donors (Lipinski definition) is 1. The van der Waals surface area contributed by atoms with E-state index in [9.17, 15) is 14.7 Å². The minimum absolute atomic E-state index is 0.0815. The number of ether oxygens (including phenoxy) is 1. The molecule has 2 rings (SSSR count). The Morgan fingerprint density at radius 3 is 2.36 bits per heavy atom. The maximum Gasteiger partial charge on any atom is 0.306 e. The van der Waals surface area contributed by atoms with E-state index in [4.69, 9.17) is 4.74 Å². The molecule has 1 unspecified atom stereocenters. The number of carboxylic acids is 1. The highest BCUT2D eigenvalue weighted by atomic mass is 16.5. The smallest absolute Gasteiger partial charge is 0.306 e. The maximum absolute atomic E-state index is 12.3. The van der Waals surface area contributed by atoms with Gasteiger partial charge in [0.25, 0.3) is 0 Å². The summed E-state index contributed by atoms with van der Waals surface area (Å²) in [6.45, 7) is 0. The number of aliphatic carboxylic acids is 1. The molecule has 1 N–H and O–H groups in total. The van der Waals surface area contributed by atoms with Crippen molar-refractivity contribution in [1.82, 2.24) is 0 Å². The fourth-order valence-corrected chi connectivity index (χ4v) is 3.22. The summed E-state index contributed by atoms with van der Waals surface area (Å²) in [4.78, 5) is 23.8. The fourth-order valence-electron chi connectivity index (χ4n) is 3.22. The van der Waals surface area contributed by atoms with Crippen molar-refractivity contribution in [2.75, 3.05) is 7.11 Å². The summed E-state index contributed by atoms with van der Waals surface area (Å²) in [7, 11) is 1.57. The van der Waals surface area contributed by atoms with E-state index in [1.807, 2.05) is 0 Å². The Bertz CT molecular complexity index is 500. The van der Waals surface area contributed by atoms with Crippen LogP contribution in [-0.2, 0) is 4.79 Å². The quantitative estimate of drug-likeness (QED) is 0.775. The van der Waals surface area contributed by atoms with Gasteiger partial charge in [-0.3, -0.25) is 9.59 Å². The number of ketones is 1. The molecule has 1 aliphatic carbocycles. The molecule has 0 spiro atoms. The second-order valence-electron chi connectivity index (χ2n) is 6.13. The summed E-state index contributed by atoms with van der Waals surface area (Å²) in [6.07, 6.45) is 6.52. The van der Waals surface area contributed by atoms with Gasteiger partial charge in [0.2, 0.25) is 0 Å². The first-order valence-corrected chi connectivity index (χ1v) is 8.00. The summed E-state index contributed by atoms with van der Waals surface area (Å²) >= 11 is 0. The molecule has 22 heavy (non-hydrogen) atoms. The fraction of sp³-hybridized carbons (Fsp3) is 0.556. The lowest BCUT2D eigenvalue weighted by molar-refractivity contribution is -0.142. The second kappa shape index (κ2) is 7.97. The molecule has 4 heteroatoms. The normalized spacial score (nSPS) is 17.0. The van der Waals surface area contributed by atoms with E-state index in [1.54, 1.807) is 31.4 Å². The van der Waals surface area contributed by atoms with Gasteiger partial charge in [-0.25, -0.2) is 0 Å². The van der Waals surface area contributed by atoms with E-state index in [2.05, 4.69) is 0 Å². The van der Waals surface area contributed by atoms with Crippen LogP contribution in [-0.4, -0.2) is 24.0 Å². The SMILES string of the molecule is COc1ccc(C(=O)CC(CC2CCCCC2)C(=O)O)cc1. The van der Waals surface area contributed by atoms with Crippen molar-refractivity contribution >= 4 is 11.8 Å². The lowest BCUT2D eigenvalue weighted by Crippen LogP contribution is -2.22. The molecule has 0 saturated heterocycles. The van der Waals surface area contributed by atoms with Crippen molar-refractivity contribution in [3.05, 3.63) is 29.8 Å². The molecule has 4 nitrogen and oxygen atoms in total. The van der Waals surface area contributed by atoms with Gasteiger partial charge in [-0.05, 0) is 36.6 Å². The number of Topliss-reactive ketones (excluding diaryl/α,β-unsaturated/α-hetero) is 1. The summed E-state index contributed by atoms with van der Waals surface area (Å²) < 4.78 is 5.06. The third-order valence-corrected chi connectivity index (χ3v) is 4.54. The molecular formula is C18H24O4. The number of methoxy groups -OCH3 is 1. The third kappa shape index (κ3) is 4.58. The maximum atomic E-state index is 12.3. The van der Waals surface area contributed by atoms with Crippen LogP contribution in [0.5, 0.6) is 5.75 Å². The first kappa shape index (κ1) is 16.5. The molecular weight excluding hydrogens is 280 g/mol. The van der Waals surface area contributed by atoms with Crippen LogP contribution in [0.1, 0.15) is 55.3 Å². The average molecular weight is 304 g/mol. The first-order valence-electron chi connectivity index (χ1n) is 8.00. The topological polar surface area (TPSA) is 63.6 Å². The first-order chi connectivity index (χ1) is 10.6. The van der Waals surface area contributed by atoms with Crippen molar-refractivity contribution < 1.29 is 19.4 Å². The van der Waals surface area contributed by atoms with Crippen LogP contribution in [0.2, 0.25) is 0 Å². The van der Waals surface area contributed by atoms with Gasteiger partial charge >= 0.3 is 5.97 Å². The Balaban J connectivity index is 1.96. The summed E-state index contributed by atoms with van der Waals surface area (Å²) in [5.41, 5.74) is 0.552. The summed E-state index contributed by atoms with van der Waals surface area (Å²) in [5, 5.41) is 9.41. The predicted molar refractivity (Wildman–Crippen MR) is 84.3 cm³/mol. The van der Waals surface area contributed by atoms with Gasteiger partial charge in [-0.1, -0.05) is 32.1 Å². The monoisotopic (exact) mass is 304 g/mol. The number of benzene rings is 1. The van der Waals surface area contributed by atoms with Crippen molar-refractivity contribution in [2.24, 2.45) is 11.8 Å². The van der Waals surface area contributed by atoms with Crippen LogP contribution in [0.15, 0.2) is 24.3 Å². The van der Waals surface area contributed by atoms with Crippen LogP contribution in [0.4, 0.5) is 0 Å². The average Bonchev–Trinajstić information content (AvgIpc) is 2.55. The van der Waals surface area contributed by atoms with Crippen LogP contribution in [0.25, 0.3) is 0 Å². The molecule has 1 aromatic carbocycles. The minimum Gasteiger partial charge on any atom is -0.497 e. The minimum atomic E-state index is -0.854. The molecule has 1 atom stereocenters. The lowest BCUT2D eigenvalue weighted by atomic mass is 9.81.